The first kappa shape index (κ1) is 20.2. The molecular weight excluding hydrogens is 384 g/mol. The number of carbonyl (C=O) groups is 1. The van der Waals surface area contributed by atoms with Gasteiger partial charge < -0.3 is 10.1 Å². The summed E-state index contributed by atoms with van der Waals surface area (Å²) >= 11 is 6.06. The normalized spacial score (nSPS) is 19.7. The highest BCUT2D eigenvalue weighted by Gasteiger charge is 2.30. The fraction of sp³-hybridized carbons (Fsp3) is 0.458. The second kappa shape index (κ2) is 9.19. The summed E-state index contributed by atoms with van der Waals surface area (Å²) in [6.07, 6.45) is 6.21. The Hall–Kier alpha value is -2.04. The smallest absolute Gasteiger partial charge is 0.224 e. The number of likely N-dealkylation sites (tertiary alicyclic amines) is 1. The van der Waals surface area contributed by atoms with E-state index in [-0.39, 0.29) is 5.91 Å². The van der Waals surface area contributed by atoms with E-state index in [9.17, 15) is 4.79 Å². The lowest BCUT2D eigenvalue weighted by molar-refractivity contribution is -0.116. The molecule has 1 fully saturated rings. The molecule has 5 heteroatoms. The average molecular weight is 413 g/mol. The third-order valence-electron chi connectivity index (χ3n) is 6.31. The number of hydrogen-bond donors (Lipinski definition) is 1. The Morgan fingerprint density at radius 3 is 2.69 bits per heavy atom. The van der Waals surface area contributed by atoms with Crippen LogP contribution in [0.4, 0.5) is 5.69 Å². The van der Waals surface area contributed by atoms with Crippen molar-refractivity contribution in [1.29, 1.82) is 0 Å². The predicted molar refractivity (Wildman–Crippen MR) is 118 cm³/mol. The molecule has 1 unspecified atom stereocenters. The number of anilines is 1. The Morgan fingerprint density at radius 1 is 1.21 bits per heavy atom. The molecule has 2 aromatic carbocycles. The van der Waals surface area contributed by atoms with E-state index >= 15 is 0 Å². The number of rotatable bonds is 6. The number of carbonyl (C=O) groups excluding carboxylic acids is 1. The molecule has 0 saturated carbocycles. The number of nitrogens with zero attached hydrogens (tertiary/aromatic N) is 1. The molecule has 1 aliphatic carbocycles. The maximum Gasteiger partial charge on any atom is 0.224 e. The van der Waals surface area contributed by atoms with Gasteiger partial charge in [0.15, 0.2) is 0 Å². The monoisotopic (exact) mass is 412 g/mol. The fourth-order valence-corrected chi connectivity index (χ4v) is 4.96. The number of benzene rings is 2. The van der Waals surface area contributed by atoms with Crippen LogP contribution in [-0.2, 0) is 17.6 Å². The third-order valence-corrected chi connectivity index (χ3v) is 6.55. The number of fused-ring (bicyclic) bond motifs is 1. The highest BCUT2D eigenvalue weighted by atomic mass is 35.5. The van der Waals surface area contributed by atoms with E-state index in [0.29, 0.717) is 34.8 Å². The molecule has 154 valence electrons. The molecule has 1 aliphatic heterocycles. The Kier molecular flexibility index (Phi) is 6.41. The first-order valence-electron chi connectivity index (χ1n) is 10.6. The Bertz CT molecular complexity index is 845. The van der Waals surface area contributed by atoms with Crippen LogP contribution in [0.1, 0.15) is 36.8 Å². The van der Waals surface area contributed by atoms with Gasteiger partial charge in [0.05, 0.1) is 12.8 Å². The van der Waals surface area contributed by atoms with E-state index in [1.165, 1.54) is 30.5 Å². The second-order valence-electron chi connectivity index (χ2n) is 8.27. The van der Waals surface area contributed by atoms with Gasteiger partial charge >= 0.3 is 0 Å². The van der Waals surface area contributed by atoms with Crippen LogP contribution in [0.5, 0.6) is 5.75 Å². The van der Waals surface area contributed by atoms with Gasteiger partial charge in [-0.15, -0.1) is 0 Å². The summed E-state index contributed by atoms with van der Waals surface area (Å²) < 4.78 is 5.31. The van der Waals surface area contributed by atoms with Gasteiger partial charge in [0.25, 0.3) is 0 Å². The van der Waals surface area contributed by atoms with Gasteiger partial charge in [0.1, 0.15) is 5.75 Å². The lowest BCUT2D eigenvalue weighted by Crippen LogP contribution is -2.43. The molecule has 1 amide bonds. The van der Waals surface area contributed by atoms with Gasteiger partial charge in [-0.2, -0.15) is 0 Å². The Labute approximate surface area is 178 Å². The van der Waals surface area contributed by atoms with Crippen LogP contribution >= 0.6 is 11.6 Å². The fourth-order valence-electron chi connectivity index (χ4n) is 4.78. The summed E-state index contributed by atoms with van der Waals surface area (Å²) in [4.78, 5) is 15.2. The minimum absolute atomic E-state index is 0.0240. The number of piperidine rings is 1. The van der Waals surface area contributed by atoms with Gasteiger partial charge in [0.2, 0.25) is 5.91 Å². The molecule has 0 aromatic heterocycles. The van der Waals surface area contributed by atoms with Crippen molar-refractivity contribution in [2.75, 3.05) is 25.5 Å². The average Bonchev–Trinajstić information content (AvgIpc) is 3.17. The van der Waals surface area contributed by atoms with E-state index < -0.39 is 0 Å². The van der Waals surface area contributed by atoms with Gasteiger partial charge in [-0.3, -0.25) is 9.69 Å². The standard InChI is InChI=1S/C24H29ClN2O2/c1-29-23-10-9-20(25)15-22(23)26-24(28)11-8-17-5-4-12-27(16-17)21-13-18-6-2-3-7-19(18)14-21/h2-3,6-7,9-10,15,17,21H,4-5,8,11-14,16H2,1H3,(H,26,28). The number of nitrogens with one attached hydrogen (secondary N) is 1. The number of amides is 1. The maximum absolute atomic E-state index is 12.5. The van der Waals surface area contributed by atoms with Gasteiger partial charge in [-0.1, -0.05) is 35.9 Å². The first-order valence-corrected chi connectivity index (χ1v) is 10.9. The van der Waals surface area contributed by atoms with Gasteiger partial charge in [-0.05, 0) is 73.9 Å². The van der Waals surface area contributed by atoms with E-state index in [1.54, 1.807) is 25.3 Å². The van der Waals surface area contributed by atoms with E-state index in [4.69, 9.17) is 16.3 Å². The minimum atomic E-state index is 0.0240. The molecule has 2 aliphatic rings. The summed E-state index contributed by atoms with van der Waals surface area (Å²) in [7, 11) is 1.59. The quantitative estimate of drug-likeness (QED) is 0.730. The van der Waals surface area contributed by atoms with Gasteiger partial charge in [0, 0.05) is 24.0 Å². The summed E-state index contributed by atoms with van der Waals surface area (Å²) in [5, 5.41) is 3.54. The highest BCUT2D eigenvalue weighted by molar-refractivity contribution is 6.31. The minimum Gasteiger partial charge on any atom is -0.495 e. The maximum atomic E-state index is 12.5. The van der Waals surface area contributed by atoms with Crippen LogP contribution in [-0.4, -0.2) is 37.0 Å². The molecule has 4 rings (SSSR count). The number of ether oxygens (including phenoxy) is 1. The number of hydrogen-bond acceptors (Lipinski definition) is 3. The van der Waals surface area contributed by atoms with Crippen molar-refractivity contribution in [2.24, 2.45) is 5.92 Å². The van der Waals surface area contributed by atoms with Crippen LogP contribution in [0.3, 0.4) is 0 Å². The highest BCUT2D eigenvalue weighted by Crippen LogP contribution is 2.31. The van der Waals surface area contributed by atoms with Crippen molar-refractivity contribution < 1.29 is 9.53 Å². The zero-order chi connectivity index (χ0) is 20.2. The third kappa shape index (κ3) is 4.93. The van der Waals surface area contributed by atoms with Crippen molar-refractivity contribution >= 4 is 23.2 Å². The Morgan fingerprint density at radius 2 is 1.97 bits per heavy atom. The molecule has 29 heavy (non-hydrogen) atoms. The molecule has 1 saturated heterocycles. The summed E-state index contributed by atoms with van der Waals surface area (Å²) in [6, 6.07) is 14.7. The molecular formula is C24H29ClN2O2. The van der Waals surface area contributed by atoms with Crippen molar-refractivity contribution in [1.82, 2.24) is 4.90 Å². The van der Waals surface area contributed by atoms with Crippen LogP contribution in [0.25, 0.3) is 0 Å². The SMILES string of the molecule is COc1ccc(Cl)cc1NC(=O)CCC1CCCN(C2Cc3ccccc3C2)C1. The van der Waals surface area contributed by atoms with E-state index in [2.05, 4.69) is 34.5 Å². The molecule has 0 spiro atoms. The zero-order valence-electron chi connectivity index (χ0n) is 17.0. The summed E-state index contributed by atoms with van der Waals surface area (Å²) in [6.45, 7) is 2.29. The first-order chi connectivity index (χ1) is 14.1. The van der Waals surface area contributed by atoms with Crippen LogP contribution in [0, 0.1) is 5.92 Å². The summed E-state index contributed by atoms with van der Waals surface area (Å²) in [5.41, 5.74) is 3.66. The topological polar surface area (TPSA) is 41.6 Å². The number of methoxy groups -OCH3 is 1. The van der Waals surface area contributed by atoms with Crippen LogP contribution in [0.2, 0.25) is 5.02 Å². The van der Waals surface area contributed by atoms with Crippen molar-refractivity contribution in [3.63, 3.8) is 0 Å². The molecule has 4 nitrogen and oxygen atoms in total. The Balaban J connectivity index is 1.28. The molecule has 0 radical (unpaired) electrons. The largest absolute Gasteiger partial charge is 0.495 e. The zero-order valence-corrected chi connectivity index (χ0v) is 17.8. The van der Waals surface area contributed by atoms with Gasteiger partial charge in [-0.25, -0.2) is 0 Å². The van der Waals surface area contributed by atoms with Crippen molar-refractivity contribution in [3.05, 3.63) is 58.6 Å². The van der Waals surface area contributed by atoms with Crippen LogP contribution < -0.4 is 10.1 Å². The lowest BCUT2D eigenvalue weighted by atomic mass is 9.92. The lowest BCUT2D eigenvalue weighted by Gasteiger charge is -2.36. The molecule has 1 N–H and O–H groups in total. The molecule has 1 heterocycles. The van der Waals surface area contributed by atoms with Crippen LogP contribution in [0.15, 0.2) is 42.5 Å². The second-order valence-corrected chi connectivity index (χ2v) is 8.70. The number of halogens is 1. The van der Waals surface area contributed by atoms with E-state index in [1.807, 2.05) is 0 Å². The van der Waals surface area contributed by atoms with E-state index in [0.717, 1.165) is 25.8 Å². The van der Waals surface area contributed by atoms with Crippen molar-refractivity contribution in [2.45, 2.75) is 44.6 Å². The molecule has 0 bridgehead atoms. The molecule has 2 aromatic rings. The van der Waals surface area contributed by atoms with Crippen molar-refractivity contribution in [3.8, 4) is 5.75 Å². The predicted octanol–water partition coefficient (Wildman–Crippen LogP) is 4.95. The summed E-state index contributed by atoms with van der Waals surface area (Å²) in [5.74, 6) is 1.24. The molecule has 1 atom stereocenters.